The zero-order chi connectivity index (χ0) is 15.5. The minimum Gasteiger partial charge on any atom is -0.425 e. The van der Waals surface area contributed by atoms with E-state index < -0.39 is 0 Å². The molecule has 0 N–H and O–H groups in total. The molecule has 0 saturated carbocycles. The van der Waals surface area contributed by atoms with Gasteiger partial charge in [0.15, 0.2) is 0 Å². The van der Waals surface area contributed by atoms with E-state index in [1.54, 1.807) is 0 Å². The molecule has 22 heavy (non-hydrogen) atoms. The molecule has 0 unspecified atom stereocenters. The molecule has 2 heterocycles. The van der Waals surface area contributed by atoms with E-state index in [9.17, 15) is 0 Å². The summed E-state index contributed by atoms with van der Waals surface area (Å²) in [5.41, 5.74) is 2.71. The van der Waals surface area contributed by atoms with Crippen molar-refractivity contribution in [2.24, 2.45) is 0 Å². The number of hydrogen-bond donors (Lipinski definition) is 0. The maximum Gasteiger partial charge on any atom is 0.219 e. The van der Waals surface area contributed by atoms with Crippen LogP contribution in [0.3, 0.4) is 0 Å². The molecule has 1 aliphatic heterocycles. The van der Waals surface area contributed by atoms with Crippen LogP contribution < -0.4 is 0 Å². The van der Waals surface area contributed by atoms with Gasteiger partial charge in [-0.1, -0.05) is 43.7 Å². The first-order chi connectivity index (χ1) is 10.6. The number of nitrogens with zero attached hydrogens (tertiary/aromatic N) is 3. The van der Waals surface area contributed by atoms with Crippen molar-refractivity contribution in [3.8, 4) is 0 Å². The van der Waals surface area contributed by atoms with E-state index in [4.69, 9.17) is 4.42 Å². The summed E-state index contributed by atoms with van der Waals surface area (Å²) >= 11 is 0. The maximum atomic E-state index is 5.81. The largest absolute Gasteiger partial charge is 0.425 e. The Morgan fingerprint density at radius 2 is 1.82 bits per heavy atom. The molecule has 0 aliphatic carbocycles. The molecule has 0 atom stereocenters. The van der Waals surface area contributed by atoms with E-state index in [0.29, 0.717) is 11.8 Å². The molecule has 1 aromatic heterocycles. The SMILES string of the molecule is Cc1ccc(CN2CCC(c3nnc(C(C)C)o3)CC2)cc1. The third-order valence-electron chi connectivity index (χ3n) is 4.41. The van der Waals surface area contributed by atoms with Gasteiger partial charge in [0.05, 0.1) is 0 Å². The maximum absolute atomic E-state index is 5.81. The highest BCUT2D eigenvalue weighted by Gasteiger charge is 2.25. The van der Waals surface area contributed by atoms with Crippen molar-refractivity contribution in [3.05, 3.63) is 47.2 Å². The number of aryl methyl sites for hydroxylation is 1. The number of hydrogen-bond acceptors (Lipinski definition) is 4. The highest BCUT2D eigenvalue weighted by molar-refractivity contribution is 5.21. The van der Waals surface area contributed by atoms with Gasteiger partial charge in [-0.25, -0.2) is 0 Å². The molecule has 1 fully saturated rings. The van der Waals surface area contributed by atoms with Crippen LogP contribution in [0.15, 0.2) is 28.7 Å². The summed E-state index contributed by atoms with van der Waals surface area (Å²) in [5, 5.41) is 8.40. The topological polar surface area (TPSA) is 42.2 Å². The van der Waals surface area contributed by atoms with Crippen LogP contribution in [0, 0.1) is 6.92 Å². The van der Waals surface area contributed by atoms with Crippen LogP contribution in [-0.4, -0.2) is 28.2 Å². The van der Waals surface area contributed by atoms with Crippen molar-refractivity contribution in [3.63, 3.8) is 0 Å². The minimum atomic E-state index is 0.308. The van der Waals surface area contributed by atoms with Gasteiger partial charge in [-0.3, -0.25) is 4.90 Å². The van der Waals surface area contributed by atoms with Crippen LogP contribution in [0.5, 0.6) is 0 Å². The molecule has 1 aliphatic rings. The summed E-state index contributed by atoms with van der Waals surface area (Å²) in [6.45, 7) is 9.53. The molecule has 0 bridgehead atoms. The Morgan fingerprint density at radius 3 is 2.41 bits per heavy atom. The van der Waals surface area contributed by atoms with Crippen LogP contribution in [0.25, 0.3) is 0 Å². The van der Waals surface area contributed by atoms with E-state index in [2.05, 4.69) is 60.1 Å². The van der Waals surface area contributed by atoms with E-state index in [1.807, 2.05) is 0 Å². The second-order valence-electron chi connectivity index (χ2n) is 6.67. The van der Waals surface area contributed by atoms with Gasteiger partial charge in [0.1, 0.15) is 0 Å². The van der Waals surface area contributed by atoms with Crippen LogP contribution >= 0.6 is 0 Å². The number of benzene rings is 1. The standard InChI is InChI=1S/C18H25N3O/c1-13(2)17-19-20-18(22-17)16-8-10-21(11-9-16)12-15-6-4-14(3)5-7-15/h4-7,13,16H,8-12H2,1-3H3. The minimum absolute atomic E-state index is 0.308. The van der Waals surface area contributed by atoms with Gasteiger partial charge in [0.25, 0.3) is 0 Å². The van der Waals surface area contributed by atoms with E-state index >= 15 is 0 Å². The molecule has 1 saturated heterocycles. The summed E-state index contributed by atoms with van der Waals surface area (Å²) in [5.74, 6) is 2.33. The lowest BCUT2D eigenvalue weighted by Gasteiger charge is -2.30. The van der Waals surface area contributed by atoms with Crippen molar-refractivity contribution in [1.29, 1.82) is 0 Å². The molecule has 0 amide bonds. The van der Waals surface area contributed by atoms with Gasteiger partial charge < -0.3 is 4.42 Å². The van der Waals surface area contributed by atoms with E-state index in [0.717, 1.165) is 44.3 Å². The summed E-state index contributed by atoms with van der Waals surface area (Å²) < 4.78 is 5.81. The van der Waals surface area contributed by atoms with Gasteiger partial charge in [-0.15, -0.1) is 10.2 Å². The molecular weight excluding hydrogens is 274 g/mol. The van der Waals surface area contributed by atoms with Crippen LogP contribution in [-0.2, 0) is 6.54 Å². The van der Waals surface area contributed by atoms with Crippen LogP contribution in [0.4, 0.5) is 0 Å². The van der Waals surface area contributed by atoms with Crippen molar-refractivity contribution < 1.29 is 4.42 Å². The van der Waals surface area contributed by atoms with Crippen LogP contribution in [0.1, 0.15) is 61.4 Å². The molecule has 1 aromatic carbocycles. The third kappa shape index (κ3) is 3.55. The average molecular weight is 299 g/mol. The highest BCUT2D eigenvalue weighted by atomic mass is 16.4. The van der Waals surface area contributed by atoms with Crippen molar-refractivity contribution in [2.75, 3.05) is 13.1 Å². The number of piperidine rings is 1. The molecule has 118 valence electrons. The Bertz CT molecular complexity index is 595. The third-order valence-corrected chi connectivity index (χ3v) is 4.41. The summed E-state index contributed by atoms with van der Waals surface area (Å²) in [6.07, 6.45) is 2.21. The Labute approximate surface area is 132 Å². The Hall–Kier alpha value is -1.68. The number of likely N-dealkylation sites (tertiary alicyclic amines) is 1. The molecule has 0 spiro atoms. The quantitative estimate of drug-likeness (QED) is 0.859. The molecule has 0 radical (unpaired) electrons. The Morgan fingerprint density at radius 1 is 1.14 bits per heavy atom. The van der Waals surface area contributed by atoms with E-state index in [1.165, 1.54) is 11.1 Å². The predicted molar refractivity (Wildman–Crippen MR) is 86.8 cm³/mol. The fourth-order valence-electron chi connectivity index (χ4n) is 2.93. The molecule has 3 rings (SSSR count). The second kappa shape index (κ2) is 6.61. The monoisotopic (exact) mass is 299 g/mol. The second-order valence-corrected chi connectivity index (χ2v) is 6.67. The normalized spacial score (nSPS) is 17.3. The van der Waals surface area contributed by atoms with Gasteiger partial charge in [-0.05, 0) is 38.4 Å². The fourth-order valence-corrected chi connectivity index (χ4v) is 2.93. The lowest BCUT2D eigenvalue weighted by molar-refractivity contribution is 0.191. The average Bonchev–Trinajstić information content (AvgIpc) is 3.00. The molecular formula is C18H25N3O. The molecule has 4 nitrogen and oxygen atoms in total. The first-order valence-electron chi connectivity index (χ1n) is 8.23. The zero-order valence-corrected chi connectivity index (χ0v) is 13.7. The fraction of sp³-hybridized carbons (Fsp3) is 0.556. The van der Waals surface area contributed by atoms with Gasteiger partial charge in [0.2, 0.25) is 11.8 Å². The molecule has 4 heteroatoms. The van der Waals surface area contributed by atoms with Crippen LogP contribution in [0.2, 0.25) is 0 Å². The summed E-state index contributed by atoms with van der Waals surface area (Å²) in [7, 11) is 0. The summed E-state index contributed by atoms with van der Waals surface area (Å²) in [4.78, 5) is 2.51. The van der Waals surface area contributed by atoms with Crippen molar-refractivity contribution in [1.82, 2.24) is 15.1 Å². The lowest BCUT2D eigenvalue weighted by Crippen LogP contribution is -2.32. The Kier molecular flexibility index (Phi) is 4.57. The first-order valence-corrected chi connectivity index (χ1v) is 8.23. The van der Waals surface area contributed by atoms with Gasteiger partial charge in [0, 0.05) is 18.4 Å². The molecule has 2 aromatic rings. The van der Waals surface area contributed by atoms with Gasteiger partial charge in [-0.2, -0.15) is 0 Å². The van der Waals surface area contributed by atoms with Gasteiger partial charge >= 0.3 is 0 Å². The highest BCUT2D eigenvalue weighted by Crippen LogP contribution is 2.28. The Balaban J connectivity index is 1.54. The van der Waals surface area contributed by atoms with E-state index in [-0.39, 0.29) is 0 Å². The smallest absolute Gasteiger partial charge is 0.219 e. The predicted octanol–water partition coefficient (Wildman–Crippen LogP) is 3.88. The lowest BCUT2D eigenvalue weighted by atomic mass is 9.96. The van der Waals surface area contributed by atoms with Crippen molar-refractivity contribution >= 4 is 0 Å². The first kappa shape index (κ1) is 15.2. The zero-order valence-electron chi connectivity index (χ0n) is 13.7. The van der Waals surface area contributed by atoms with Crippen molar-refractivity contribution in [2.45, 2.75) is 52.0 Å². The number of aromatic nitrogens is 2. The summed E-state index contributed by atoms with van der Waals surface area (Å²) in [6, 6.07) is 8.84. The number of rotatable bonds is 4.